The van der Waals surface area contributed by atoms with Gasteiger partial charge in [0.25, 0.3) is 5.91 Å². The third-order valence-electron chi connectivity index (χ3n) is 4.73. The molecule has 1 fully saturated rings. The lowest BCUT2D eigenvalue weighted by Gasteiger charge is -2.33. The van der Waals surface area contributed by atoms with E-state index < -0.39 is 0 Å². The van der Waals surface area contributed by atoms with Gasteiger partial charge in [-0.05, 0) is 35.7 Å². The van der Waals surface area contributed by atoms with E-state index in [1.807, 2.05) is 4.90 Å². The molecule has 2 aliphatic heterocycles. The van der Waals surface area contributed by atoms with Crippen molar-refractivity contribution in [2.24, 2.45) is 0 Å². The van der Waals surface area contributed by atoms with Crippen LogP contribution in [0.25, 0.3) is 0 Å². The lowest BCUT2D eigenvalue weighted by atomic mass is 10.0. The minimum atomic E-state index is -0.0855. The highest BCUT2D eigenvalue weighted by molar-refractivity contribution is 5.95. The molecule has 1 saturated heterocycles. The van der Waals surface area contributed by atoms with Crippen LogP contribution in [0.3, 0.4) is 0 Å². The standard InChI is InChI=1S/C20H21NO4/c1-2-14-3-5-15(6-4-14)19-12-21(9-10-23-19)20(22)16-7-8-17-18(11-16)25-13-24-17/h3-8,11,19H,2,9-10,12-13H2,1H3. The number of hydrogen-bond acceptors (Lipinski definition) is 4. The second-order valence-corrected chi connectivity index (χ2v) is 6.27. The summed E-state index contributed by atoms with van der Waals surface area (Å²) in [6, 6.07) is 13.8. The summed E-state index contributed by atoms with van der Waals surface area (Å²) in [5, 5.41) is 0. The summed E-state index contributed by atoms with van der Waals surface area (Å²) in [6.45, 7) is 4.03. The van der Waals surface area contributed by atoms with Gasteiger partial charge < -0.3 is 19.1 Å². The first-order valence-electron chi connectivity index (χ1n) is 8.64. The van der Waals surface area contributed by atoms with Gasteiger partial charge in [-0.1, -0.05) is 31.2 Å². The van der Waals surface area contributed by atoms with Gasteiger partial charge in [-0.2, -0.15) is 0 Å². The fraction of sp³-hybridized carbons (Fsp3) is 0.350. The van der Waals surface area contributed by atoms with Crippen molar-refractivity contribution in [1.29, 1.82) is 0 Å². The molecular weight excluding hydrogens is 318 g/mol. The Kier molecular flexibility index (Phi) is 4.32. The third kappa shape index (κ3) is 3.20. The zero-order valence-electron chi connectivity index (χ0n) is 14.2. The largest absolute Gasteiger partial charge is 0.454 e. The molecule has 0 radical (unpaired) electrons. The molecule has 5 heteroatoms. The molecule has 1 amide bonds. The Balaban J connectivity index is 1.49. The number of nitrogens with zero attached hydrogens (tertiary/aromatic N) is 1. The predicted octanol–water partition coefficient (Wildman–Crippen LogP) is 3.19. The van der Waals surface area contributed by atoms with Crippen molar-refractivity contribution < 1.29 is 19.0 Å². The minimum Gasteiger partial charge on any atom is -0.454 e. The van der Waals surface area contributed by atoms with Gasteiger partial charge in [-0.3, -0.25) is 4.79 Å². The lowest BCUT2D eigenvalue weighted by molar-refractivity contribution is -0.0228. The highest BCUT2D eigenvalue weighted by Gasteiger charge is 2.27. The number of amides is 1. The van der Waals surface area contributed by atoms with E-state index in [1.54, 1.807) is 18.2 Å². The summed E-state index contributed by atoms with van der Waals surface area (Å²) in [4.78, 5) is 14.7. The molecule has 2 heterocycles. The summed E-state index contributed by atoms with van der Waals surface area (Å²) in [6.07, 6.45) is 0.929. The molecule has 0 saturated carbocycles. The highest BCUT2D eigenvalue weighted by atomic mass is 16.7. The molecule has 1 unspecified atom stereocenters. The molecule has 0 aliphatic carbocycles. The van der Waals surface area contributed by atoms with Gasteiger partial charge in [0.1, 0.15) is 6.10 Å². The Bertz CT molecular complexity index is 772. The molecule has 25 heavy (non-hydrogen) atoms. The number of carbonyl (C=O) groups is 1. The van der Waals surface area contributed by atoms with E-state index in [2.05, 4.69) is 31.2 Å². The first kappa shape index (κ1) is 16.0. The van der Waals surface area contributed by atoms with Crippen LogP contribution in [0.1, 0.15) is 34.5 Å². The van der Waals surface area contributed by atoms with Crippen LogP contribution in [0.5, 0.6) is 11.5 Å². The fourth-order valence-corrected chi connectivity index (χ4v) is 3.22. The average molecular weight is 339 g/mol. The SMILES string of the molecule is CCc1ccc(C2CN(C(=O)c3ccc4c(c3)OCO4)CCO2)cc1. The van der Waals surface area contributed by atoms with E-state index in [9.17, 15) is 4.79 Å². The number of aryl methyl sites for hydroxylation is 1. The maximum atomic E-state index is 12.9. The number of hydrogen-bond donors (Lipinski definition) is 0. The first-order chi connectivity index (χ1) is 12.2. The number of ether oxygens (including phenoxy) is 3. The molecule has 2 aromatic carbocycles. The van der Waals surface area contributed by atoms with Crippen molar-refractivity contribution in [1.82, 2.24) is 4.90 Å². The van der Waals surface area contributed by atoms with E-state index in [1.165, 1.54) is 5.56 Å². The Labute approximate surface area is 147 Å². The number of morpholine rings is 1. The third-order valence-corrected chi connectivity index (χ3v) is 4.73. The van der Waals surface area contributed by atoms with Crippen molar-refractivity contribution in [3.05, 3.63) is 59.2 Å². The molecule has 0 bridgehead atoms. The molecule has 5 nitrogen and oxygen atoms in total. The van der Waals surface area contributed by atoms with Crippen LogP contribution in [0.15, 0.2) is 42.5 Å². The molecule has 0 N–H and O–H groups in total. The van der Waals surface area contributed by atoms with Gasteiger partial charge in [0.15, 0.2) is 11.5 Å². The van der Waals surface area contributed by atoms with Crippen LogP contribution < -0.4 is 9.47 Å². The summed E-state index contributed by atoms with van der Waals surface area (Å²) in [7, 11) is 0. The van der Waals surface area contributed by atoms with Gasteiger partial charge >= 0.3 is 0 Å². The summed E-state index contributed by atoms with van der Waals surface area (Å²) < 4.78 is 16.6. The molecule has 2 aliphatic rings. The van der Waals surface area contributed by atoms with E-state index in [0.717, 1.165) is 12.0 Å². The second-order valence-electron chi connectivity index (χ2n) is 6.27. The van der Waals surface area contributed by atoms with E-state index in [-0.39, 0.29) is 18.8 Å². The monoisotopic (exact) mass is 339 g/mol. The molecule has 0 aromatic heterocycles. The zero-order chi connectivity index (χ0) is 17.2. The van der Waals surface area contributed by atoms with Crippen molar-refractivity contribution in [3.63, 3.8) is 0 Å². The zero-order valence-corrected chi connectivity index (χ0v) is 14.2. The number of rotatable bonds is 3. The Hall–Kier alpha value is -2.53. The second kappa shape index (κ2) is 6.76. The van der Waals surface area contributed by atoms with Crippen molar-refractivity contribution in [3.8, 4) is 11.5 Å². The van der Waals surface area contributed by atoms with Crippen LogP contribution in [0.4, 0.5) is 0 Å². The number of benzene rings is 2. The van der Waals surface area contributed by atoms with E-state index >= 15 is 0 Å². The molecular formula is C20H21NO4. The Morgan fingerprint density at radius 1 is 1.12 bits per heavy atom. The van der Waals surface area contributed by atoms with Gasteiger partial charge in [-0.15, -0.1) is 0 Å². The Morgan fingerprint density at radius 2 is 1.92 bits per heavy atom. The predicted molar refractivity (Wildman–Crippen MR) is 93.0 cm³/mol. The van der Waals surface area contributed by atoms with Crippen LogP contribution in [-0.2, 0) is 11.2 Å². The molecule has 0 spiro atoms. The van der Waals surface area contributed by atoms with Crippen molar-refractivity contribution >= 4 is 5.91 Å². The number of carbonyl (C=O) groups excluding carboxylic acids is 1. The van der Waals surface area contributed by atoms with Gasteiger partial charge in [-0.25, -0.2) is 0 Å². The van der Waals surface area contributed by atoms with Crippen molar-refractivity contribution in [2.45, 2.75) is 19.4 Å². The van der Waals surface area contributed by atoms with Gasteiger partial charge in [0, 0.05) is 12.1 Å². The van der Waals surface area contributed by atoms with Crippen LogP contribution >= 0.6 is 0 Å². The molecule has 1 atom stereocenters. The number of fused-ring (bicyclic) bond motifs is 1. The fourth-order valence-electron chi connectivity index (χ4n) is 3.22. The topological polar surface area (TPSA) is 48.0 Å². The maximum Gasteiger partial charge on any atom is 0.254 e. The minimum absolute atomic E-state index is 0.00298. The molecule has 130 valence electrons. The van der Waals surface area contributed by atoms with Crippen LogP contribution in [0.2, 0.25) is 0 Å². The van der Waals surface area contributed by atoms with Crippen molar-refractivity contribution in [2.75, 3.05) is 26.5 Å². The Morgan fingerprint density at radius 3 is 2.72 bits per heavy atom. The molecule has 4 rings (SSSR count). The highest BCUT2D eigenvalue weighted by Crippen LogP contribution is 2.33. The average Bonchev–Trinajstić information content (AvgIpc) is 3.15. The van der Waals surface area contributed by atoms with E-state index in [4.69, 9.17) is 14.2 Å². The van der Waals surface area contributed by atoms with Crippen LogP contribution in [0, 0.1) is 0 Å². The smallest absolute Gasteiger partial charge is 0.254 e. The van der Waals surface area contributed by atoms with Crippen LogP contribution in [-0.4, -0.2) is 37.3 Å². The summed E-state index contributed by atoms with van der Waals surface area (Å²) in [5.41, 5.74) is 3.03. The first-order valence-corrected chi connectivity index (χ1v) is 8.64. The van der Waals surface area contributed by atoms with Gasteiger partial charge in [0.05, 0.1) is 13.2 Å². The molecule has 2 aromatic rings. The summed E-state index contributed by atoms with van der Waals surface area (Å²) in [5.74, 6) is 1.31. The maximum absolute atomic E-state index is 12.9. The van der Waals surface area contributed by atoms with Gasteiger partial charge in [0.2, 0.25) is 6.79 Å². The lowest BCUT2D eigenvalue weighted by Crippen LogP contribution is -2.42. The quantitative estimate of drug-likeness (QED) is 0.862. The normalized spacial score (nSPS) is 19.1. The van der Waals surface area contributed by atoms with E-state index in [0.29, 0.717) is 36.8 Å². The summed E-state index contributed by atoms with van der Waals surface area (Å²) >= 11 is 0.